The van der Waals surface area contributed by atoms with Crippen molar-refractivity contribution in [1.82, 2.24) is 0 Å². The first-order valence-electron chi connectivity index (χ1n) is 6.19. The molecule has 0 heterocycles. The van der Waals surface area contributed by atoms with E-state index in [4.69, 9.17) is 0 Å². The molecule has 0 spiro atoms. The van der Waals surface area contributed by atoms with Crippen molar-refractivity contribution in [2.24, 2.45) is 5.92 Å². The molecule has 0 saturated carbocycles. The summed E-state index contributed by atoms with van der Waals surface area (Å²) in [7, 11) is 0. The maximum atomic E-state index is 11.6. The van der Waals surface area contributed by atoms with E-state index in [1.165, 1.54) is 38.5 Å². The maximum absolute atomic E-state index is 11.6. The molecule has 0 rings (SSSR count). The van der Waals surface area contributed by atoms with Crippen LogP contribution in [0.3, 0.4) is 0 Å². The van der Waals surface area contributed by atoms with Crippen LogP contribution < -0.4 is 0 Å². The van der Waals surface area contributed by atoms with E-state index in [0.29, 0.717) is 5.92 Å². The van der Waals surface area contributed by atoms with Crippen LogP contribution in [0.1, 0.15) is 72.6 Å². The molecule has 0 fully saturated rings. The van der Waals surface area contributed by atoms with Gasteiger partial charge < -0.3 is 0 Å². The van der Waals surface area contributed by atoms with Gasteiger partial charge in [-0.05, 0) is 26.2 Å². The van der Waals surface area contributed by atoms with Crippen molar-refractivity contribution in [1.29, 1.82) is 0 Å². The van der Waals surface area contributed by atoms with Crippen LogP contribution in [0.4, 0.5) is 0 Å². The van der Waals surface area contributed by atoms with Crippen molar-refractivity contribution >= 4 is 0 Å². The highest BCUT2D eigenvalue weighted by molar-refractivity contribution is 4.72. The Bertz CT molecular complexity index is 124. The fourth-order valence-corrected chi connectivity index (χ4v) is 1.58. The molecule has 0 saturated heterocycles. The highest BCUT2D eigenvalue weighted by Crippen LogP contribution is 2.22. The van der Waals surface area contributed by atoms with Crippen LogP contribution in [-0.2, 0) is 5.11 Å². The van der Waals surface area contributed by atoms with Gasteiger partial charge in [-0.15, -0.1) is 0 Å². The molecule has 85 valence electrons. The van der Waals surface area contributed by atoms with E-state index in [9.17, 15) is 5.11 Å². The van der Waals surface area contributed by atoms with Gasteiger partial charge in [-0.3, -0.25) is 0 Å². The predicted molar refractivity (Wildman–Crippen MR) is 61.9 cm³/mol. The molecule has 0 aromatic heterocycles. The van der Waals surface area contributed by atoms with Gasteiger partial charge in [0.15, 0.2) is 0 Å². The maximum Gasteiger partial charge on any atom is 0.101 e. The van der Waals surface area contributed by atoms with Crippen molar-refractivity contribution in [3.8, 4) is 0 Å². The van der Waals surface area contributed by atoms with E-state index in [1.54, 1.807) is 13.8 Å². The Morgan fingerprint density at radius 3 is 2.00 bits per heavy atom. The first-order chi connectivity index (χ1) is 6.48. The number of unbranched alkanes of at least 4 members (excludes halogenated alkanes) is 5. The molecule has 0 amide bonds. The van der Waals surface area contributed by atoms with E-state index in [2.05, 4.69) is 13.8 Å². The molecule has 1 heteroatoms. The lowest BCUT2D eigenvalue weighted by molar-refractivity contribution is -0.0440. The molecule has 1 radical (unpaired) electrons. The summed E-state index contributed by atoms with van der Waals surface area (Å²) in [6.07, 6.45) is 9.03. The van der Waals surface area contributed by atoms with Crippen molar-refractivity contribution in [2.75, 3.05) is 0 Å². The Kier molecular flexibility index (Phi) is 7.26. The molecule has 1 nitrogen and oxygen atoms in total. The average molecular weight is 199 g/mol. The summed E-state index contributed by atoms with van der Waals surface area (Å²) < 4.78 is 0. The molecule has 0 aliphatic carbocycles. The molecule has 1 atom stereocenters. The molecule has 1 unspecified atom stereocenters. The standard InChI is InChI=1S/C13H27O/c1-5-6-7-8-9-10-11-12(2)13(3,4)14/h12H,5-11H2,1-4H3. The average Bonchev–Trinajstić information content (AvgIpc) is 2.09. The monoisotopic (exact) mass is 199 g/mol. The van der Waals surface area contributed by atoms with Crippen molar-refractivity contribution in [3.63, 3.8) is 0 Å². The van der Waals surface area contributed by atoms with Crippen LogP contribution in [0, 0.1) is 5.92 Å². The van der Waals surface area contributed by atoms with Gasteiger partial charge in [0.1, 0.15) is 5.60 Å². The zero-order chi connectivity index (χ0) is 11.0. The second kappa shape index (κ2) is 7.28. The zero-order valence-electron chi connectivity index (χ0n) is 10.4. The summed E-state index contributed by atoms with van der Waals surface area (Å²) >= 11 is 0. The van der Waals surface area contributed by atoms with Gasteiger partial charge in [0.2, 0.25) is 0 Å². The van der Waals surface area contributed by atoms with Gasteiger partial charge >= 0.3 is 0 Å². The van der Waals surface area contributed by atoms with Crippen molar-refractivity contribution < 1.29 is 5.11 Å². The fraction of sp³-hybridized carbons (Fsp3) is 1.00. The molecular weight excluding hydrogens is 172 g/mol. The molecule has 0 aromatic carbocycles. The second-order valence-corrected chi connectivity index (χ2v) is 5.06. The SMILES string of the molecule is CCCCCCCCC(C)C(C)(C)[O]. The zero-order valence-corrected chi connectivity index (χ0v) is 10.4. The van der Waals surface area contributed by atoms with E-state index >= 15 is 0 Å². The quantitative estimate of drug-likeness (QED) is 0.510. The molecule has 0 aliphatic heterocycles. The Balaban J connectivity index is 3.28. The summed E-state index contributed by atoms with van der Waals surface area (Å²) in [6, 6.07) is 0. The van der Waals surface area contributed by atoms with Crippen molar-refractivity contribution in [2.45, 2.75) is 78.2 Å². The van der Waals surface area contributed by atoms with E-state index in [0.717, 1.165) is 6.42 Å². The number of hydrogen-bond donors (Lipinski definition) is 0. The van der Waals surface area contributed by atoms with Crippen LogP contribution in [0.15, 0.2) is 0 Å². The van der Waals surface area contributed by atoms with Gasteiger partial charge in [0.25, 0.3) is 0 Å². The van der Waals surface area contributed by atoms with Crippen molar-refractivity contribution in [3.05, 3.63) is 0 Å². The summed E-state index contributed by atoms with van der Waals surface area (Å²) in [6.45, 7) is 7.92. The summed E-state index contributed by atoms with van der Waals surface area (Å²) in [5.74, 6) is 0.314. The first-order valence-corrected chi connectivity index (χ1v) is 6.19. The fourth-order valence-electron chi connectivity index (χ4n) is 1.58. The van der Waals surface area contributed by atoms with Crippen LogP contribution in [0.5, 0.6) is 0 Å². The van der Waals surface area contributed by atoms with E-state index < -0.39 is 5.60 Å². The Morgan fingerprint density at radius 1 is 1.00 bits per heavy atom. The largest absolute Gasteiger partial charge is 0.230 e. The number of rotatable bonds is 8. The van der Waals surface area contributed by atoms with Crippen LogP contribution >= 0.6 is 0 Å². The van der Waals surface area contributed by atoms with Gasteiger partial charge in [-0.2, -0.15) is 0 Å². The first kappa shape index (κ1) is 14.0. The van der Waals surface area contributed by atoms with Crippen LogP contribution in [0.2, 0.25) is 0 Å². The third kappa shape index (κ3) is 7.37. The Labute approximate surface area is 89.9 Å². The van der Waals surface area contributed by atoms with E-state index in [1.807, 2.05) is 0 Å². The van der Waals surface area contributed by atoms with Gasteiger partial charge in [0, 0.05) is 0 Å². The molecule has 0 bridgehead atoms. The minimum atomic E-state index is -0.747. The third-order valence-corrected chi connectivity index (χ3v) is 3.18. The van der Waals surface area contributed by atoms with Gasteiger partial charge in [-0.1, -0.05) is 52.4 Å². The van der Waals surface area contributed by atoms with Gasteiger partial charge in [0.05, 0.1) is 0 Å². The van der Waals surface area contributed by atoms with Gasteiger partial charge in [-0.25, -0.2) is 5.11 Å². The summed E-state index contributed by atoms with van der Waals surface area (Å²) in [5, 5.41) is 11.6. The lowest BCUT2D eigenvalue weighted by Crippen LogP contribution is -2.26. The second-order valence-electron chi connectivity index (χ2n) is 5.06. The summed E-state index contributed by atoms with van der Waals surface area (Å²) in [4.78, 5) is 0. The highest BCUT2D eigenvalue weighted by Gasteiger charge is 2.23. The Morgan fingerprint density at radius 2 is 1.50 bits per heavy atom. The summed E-state index contributed by atoms with van der Waals surface area (Å²) in [5.41, 5.74) is -0.747. The lowest BCUT2D eigenvalue weighted by atomic mass is 9.88. The Hall–Kier alpha value is -0.0400. The third-order valence-electron chi connectivity index (χ3n) is 3.18. The molecule has 14 heavy (non-hydrogen) atoms. The number of hydrogen-bond acceptors (Lipinski definition) is 0. The molecule has 0 aliphatic rings. The minimum Gasteiger partial charge on any atom is -0.230 e. The minimum absolute atomic E-state index is 0.314. The highest BCUT2D eigenvalue weighted by atomic mass is 16.3. The molecule has 0 N–H and O–H groups in total. The molecule has 0 aromatic rings. The van der Waals surface area contributed by atoms with Crippen LogP contribution in [-0.4, -0.2) is 5.60 Å². The molecular formula is C13H27O. The normalized spacial score (nSPS) is 14.4. The van der Waals surface area contributed by atoms with Crippen LogP contribution in [0.25, 0.3) is 0 Å². The topological polar surface area (TPSA) is 19.9 Å². The predicted octanol–water partition coefficient (Wildman–Crippen LogP) is 4.58. The van der Waals surface area contributed by atoms with E-state index in [-0.39, 0.29) is 0 Å². The lowest BCUT2D eigenvalue weighted by Gasteiger charge is -2.23. The smallest absolute Gasteiger partial charge is 0.101 e.